The van der Waals surface area contributed by atoms with Crippen molar-refractivity contribution in [3.8, 4) is 0 Å². The number of carbonyl (C=O) groups excluding carboxylic acids is 2. The first-order chi connectivity index (χ1) is 19.3. The van der Waals surface area contributed by atoms with Crippen LogP contribution in [0.25, 0.3) is 0 Å². The maximum atomic E-state index is 12.5. The highest BCUT2D eigenvalue weighted by Gasteiger charge is 2.15. The van der Waals surface area contributed by atoms with E-state index in [0.717, 1.165) is 51.6 Å². The maximum Gasteiger partial charge on any atom is 0.407 e. The van der Waals surface area contributed by atoms with Crippen LogP contribution in [0, 0.1) is 0 Å². The molecule has 0 bridgehead atoms. The molecule has 0 aromatic rings. The van der Waals surface area contributed by atoms with Gasteiger partial charge in [-0.25, -0.2) is 4.79 Å². The van der Waals surface area contributed by atoms with Crippen molar-refractivity contribution < 1.29 is 19.1 Å². The number of ether oxygens (including phenoxy) is 2. The number of alkyl carbamates (subject to hydrolysis) is 1. The zero-order valence-electron chi connectivity index (χ0n) is 27.4. The van der Waals surface area contributed by atoms with Crippen LogP contribution in [0.15, 0.2) is 0 Å². The Bertz CT molecular complexity index is 561. The second kappa shape index (κ2) is 27.8. The van der Waals surface area contributed by atoms with Crippen molar-refractivity contribution in [1.82, 2.24) is 10.6 Å². The van der Waals surface area contributed by atoms with Gasteiger partial charge in [0.1, 0.15) is 11.7 Å². The van der Waals surface area contributed by atoms with E-state index in [2.05, 4.69) is 24.5 Å². The Kier molecular flexibility index (Phi) is 26.9. The van der Waals surface area contributed by atoms with Gasteiger partial charge in [-0.15, -0.1) is 0 Å². The summed E-state index contributed by atoms with van der Waals surface area (Å²) in [5.41, 5.74) is -0.447. The van der Waals surface area contributed by atoms with E-state index in [1.807, 2.05) is 20.8 Å². The van der Waals surface area contributed by atoms with Crippen LogP contribution in [0.2, 0.25) is 0 Å². The molecule has 6 nitrogen and oxygen atoms in total. The smallest absolute Gasteiger partial charge is 0.407 e. The molecule has 1 amide bonds. The molecule has 0 rings (SSSR count). The summed E-state index contributed by atoms with van der Waals surface area (Å²) in [5.74, 6) is 0.0183. The minimum Gasteiger partial charge on any atom is -0.462 e. The van der Waals surface area contributed by atoms with E-state index >= 15 is 0 Å². The topological polar surface area (TPSA) is 76.7 Å². The van der Waals surface area contributed by atoms with E-state index in [4.69, 9.17) is 9.47 Å². The standard InChI is InChI=1S/C34H68N2O4/c1-6-8-10-12-15-19-25-31(26-20-16-13-11-9-7-2)39-32(37)27-21-17-14-18-22-28-35-29-23-24-30-36-33(38)40-34(3,4)5/h31,35H,6-30H2,1-5H3,(H,36,38). The number of amides is 1. The van der Waals surface area contributed by atoms with Crippen LogP contribution in [0.3, 0.4) is 0 Å². The number of carbonyl (C=O) groups is 2. The van der Waals surface area contributed by atoms with Gasteiger partial charge in [-0.1, -0.05) is 97.3 Å². The lowest BCUT2D eigenvalue weighted by Crippen LogP contribution is -2.33. The lowest BCUT2D eigenvalue weighted by atomic mass is 10.0. The molecule has 6 heteroatoms. The molecule has 0 fully saturated rings. The summed E-state index contributed by atoms with van der Waals surface area (Å²) in [6.07, 6.45) is 25.5. The summed E-state index contributed by atoms with van der Waals surface area (Å²) >= 11 is 0. The van der Waals surface area contributed by atoms with Crippen molar-refractivity contribution in [3.05, 3.63) is 0 Å². The minimum atomic E-state index is -0.447. The molecule has 0 atom stereocenters. The average Bonchev–Trinajstić information content (AvgIpc) is 2.89. The van der Waals surface area contributed by atoms with E-state index in [0.29, 0.717) is 13.0 Å². The molecule has 0 unspecified atom stereocenters. The monoisotopic (exact) mass is 569 g/mol. The molecule has 0 aliphatic rings. The number of hydrogen-bond acceptors (Lipinski definition) is 5. The summed E-state index contributed by atoms with van der Waals surface area (Å²) in [7, 11) is 0. The van der Waals surface area contributed by atoms with Crippen LogP contribution in [0.5, 0.6) is 0 Å². The molecule has 0 saturated carbocycles. The SMILES string of the molecule is CCCCCCCCC(CCCCCCCC)OC(=O)CCCCCCCNCCCCNC(=O)OC(C)(C)C. The summed E-state index contributed by atoms with van der Waals surface area (Å²) in [5, 5.41) is 6.29. The summed E-state index contributed by atoms with van der Waals surface area (Å²) in [6.45, 7) is 12.8. The summed E-state index contributed by atoms with van der Waals surface area (Å²) in [6, 6.07) is 0. The molecular weight excluding hydrogens is 500 g/mol. The molecule has 0 saturated heterocycles. The van der Waals surface area contributed by atoms with Gasteiger partial charge < -0.3 is 20.1 Å². The molecule has 0 aliphatic carbocycles. The third-order valence-corrected chi connectivity index (χ3v) is 7.24. The van der Waals surface area contributed by atoms with Crippen molar-refractivity contribution in [1.29, 1.82) is 0 Å². The predicted molar refractivity (Wildman–Crippen MR) is 170 cm³/mol. The van der Waals surface area contributed by atoms with Crippen molar-refractivity contribution in [2.75, 3.05) is 19.6 Å². The van der Waals surface area contributed by atoms with Gasteiger partial charge in [-0.2, -0.15) is 0 Å². The fraction of sp³-hybridized carbons (Fsp3) is 0.941. The number of rotatable bonds is 28. The molecular formula is C34H68N2O4. The Morgan fingerprint density at radius 1 is 0.600 bits per heavy atom. The largest absolute Gasteiger partial charge is 0.462 e. The van der Waals surface area contributed by atoms with Crippen LogP contribution in [-0.4, -0.2) is 43.4 Å². The highest BCUT2D eigenvalue weighted by molar-refractivity contribution is 5.69. The van der Waals surface area contributed by atoms with E-state index in [1.54, 1.807) is 0 Å². The third kappa shape index (κ3) is 29.7. The van der Waals surface area contributed by atoms with Gasteiger partial charge in [0.05, 0.1) is 0 Å². The maximum absolute atomic E-state index is 12.5. The van der Waals surface area contributed by atoms with Gasteiger partial charge in [0, 0.05) is 13.0 Å². The van der Waals surface area contributed by atoms with E-state index in [9.17, 15) is 9.59 Å². The number of hydrogen-bond donors (Lipinski definition) is 2. The Balaban J connectivity index is 3.80. The number of nitrogens with one attached hydrogen (secondary N) is 2. The predicted octanol–water partition coefficient (Wildman–Crippen LogP) is 9.63. The zero-order valence-corrected chi connectivity index (χ0v) is 27.4. The normalized spacial score (nSPS) is 11.7. The van der Waals surface area contributed by atoms with Crippen LogP contribution < -0.4 is 10.6 Å². The molecule has 0 heterocycles. The number of esters is 1. The second-order valence-corrected chi connectivity index (χ2v) is 12.6. The van der Waals surface area contributed by atoms with Crippen LogP contribution >= 0.6 is 0 Å². The molecule has 0 aromatic heterocycles. The third-order valence-electron chi connectivity index (χ3n) is 7.24. The van der Waals surface area contributed by atoms with Gasteiger partial charge in [0.2, 0.25) is 0 Å². The van der Waals surface area contributed by atoms with Crippen LogP contribution in [0.1, 0.15) is 176 Å². The van der Waals surface area contributed by atoms with Gasteiger partial charge in [-0.05, 0) is 85.2 Å². The van der Waals surface area contributed by atoms with E-state index < -0.39 is 5.60 Å². The highest BCUT2D eigenvalue weighted by atomic mass is 16.6. The van der Waals surface area contributed by atoms with E-state index in [1.165, 1.54) is 96.3 Å². The first-order valence-electron chi connectivity index (χ1n) is 17.2. The first kappa shape index (κ1) is 38.7. The van der Waals surface area contributed by atoms with Gasteiger partial charge in [0.15, 0.2) is 0 Å². The lowest BCUT2D eigenvalue weighted by molar-refractivity contribution is -0.150. The molecule has 0 spiro atoms. The van der Waals surface area contributed by atoms with Gasteiger partial charge in [-0.3, -0.25) is 4.79 Å². The number of unbranched alkanes of at least 4 members (excludes halogenated alkanes) is 15. The second-order valence-electron chi connectivity index (χ2n) is 12.6. The summed E-state index contributed by atoms with van der Waals surface area (Å²) < 4.78 is 11.2. The molecule has 0 aliphatic heterocycles. The molecule has 40 heavy (non-hydrogen) atoms. The fourth-order valence-electron chi connectivity index (χ4n) is 4.87. The molecule has 238 valence electrons. The van der Waals surface area contributed by atoms with Crippen molar-refractivity contribution in [3.63, 3.8) is 0 Å². The van der Waals surface area contributed by atoms with Crippen LogP contribution in [-0.2, 0) is 14.3 Å². The van der Waals surface area contributed by atoms with Crippen molar-refractivity contribution in [2.24, 2.45) is 0 Å². The zero-order chi connectivity index (χ0) is 29.7. The van der Waals surface area contributed by atoms with Crippen LogP contribution in [0.4, 0.5) is 4.79 Å². The van der Waals surface area contributed by atoms with Crippen molar-refractivity contribution in [2.45, 2.75) is 188 Å². The van der Waals surface area contributed by atoms with Gasteiger partial charge >= 0.3 is 12.1 Å². The Hall–Kier alpha value is -1.30. The minimum absolute atomic E-state index is 0.0183. The van der Waals surface area contributed by atoms with E-state index in [-0.39, 0.29) is 18.2 Å². The van der Waals surface area contributed by atoms with Gasteiger partial charge in [0.25, 0.3) is 0 Å². The lowest BCUT2D eigenvalue weighted by Gasteiger charge is -2.19. The Morgan fingerprint density at radius 3 is 1.60 bits per heavy atom. The molecule has 0 aromatic carbocycles. The Labute approximate surface area is 248 Å². The van der Waals surface area contributed by atoms with Crippen molar-refractivity contribution >= 4 is 12.1 Å². The molecule has 2 N–H and O–H groups in total. The fourth-order valence-corrected chi connectivity index (χ4v) is 4.87. The molecule has 0 radical (unpaired) electrons. The average molecular weight is 569 g/mol. The quantitative estimate of drug-likeness (QED) is 0.0726. The Morgan fingerprint density at radius 2 is 1.05 bits per heavy atom. The summed E-state index contributed by atoms with van der Waals surface area (Å²) in [4.78, 5) is 24.1. The highest BCUT2D eigenvalue weighted by Crippen LogP contribution is 2.18. The first-order valence-corrected chi connectivity index (χ1v) is 17.2.